The van der Waals surface area contributed by atoms with Crippen LogP contribution in [0.25, 0.3) is 11.1 Å². The fraction of sp³-hybridized carbons (Fsp3) is 0.167. The lowest BCUT2D eigenvalue weighted by Gasteiger charge is -2.01. The number of aromatic amines is 1. The number of halogens is 1. The lowest BCUT2D eigenvalue weighted by atomic mass is 10.1. The molecule has 2 heterocycles. The molecule has 0 saturated carbocycles. The largest absolute Gasteiger partial charge is 0.464 e. The van der Waals surface area contributed by atoms with Gasteiger partial charge in [-0.25, -0.2) is 9.78 Å². The second-order valence-electron chi connectivity index (χ2n) is 3.56. The molecule has 5 heteroatoms. The Labute approximate surface area is 97.5 Å². The fourth-order valence-corrected chi connectivity index (χ4v) is 1.61. The molecule has 2 rings (SSSR count). The SMILES string of the molecule is COC(=O)c1cc(-c2ccc(F)nc2C)c[nH]1. The zero-order valence-corrected chi connectivity index (χ0v) is 9.45. The maximum Gasteiger partial charge on any atom is 0.354 e. The zero-order chi connectivity index (χ0) is 12.4. The third kappa shape index (κ3) is 2.18. The van der Waals surface area contributed by atoms with E-state index in [2.05, 4.69) is 14.7 Å². The second-order valence-corrected chi connectivity index (χ2v) is 3.56. The van der Waals surface area contributed by atoms with E-state index >= 15 is 0 Å². The van der Waals surface area contributed by atoms with Crippen LogP contribution in [0.5, 0.6) is 0 Å². The van der Waals surface area contributed by atoms with Crippen LogP contribution in [0, 0.1) is 12.9 Å². The molecule has 0 aliphatic carbocycles. The predicted octanol–water partition coefficient (Wildman–Crippen LogP) is 2.31. The molecule has 17 heavy (non-hydrogen) atoms. The van der Waals surface area contributed by atoms with Crippen molar-refractivity contribution in [3.05, 3.63) is 41.7 Å². The molecule has 0 aliphatic heterocycles. The molecule has 0 spiro atoms. The van der Waals surface area contributed by atoms with Crippen molar-refractivity contribution in [2.24, 2.45) is 0 Å². The molecular formula is C12H11FN2O2. The molecular weight excluding hydrogens is 223 g/mol. The third-order valence-corrected chi connectivity index (χ3v) is 2.45. The van der Waals surface area contributed by atoms with E-state index in [-0.39, 0.29) is 0 Å². The molecule has 0 saturated heterocycles. The predicted molar refractivity (Wildman–Crippen MR) is 60.1 cm³/mol. The lowest BCUT2D eigenvalue weighted by Crippen LogP contribution is -2.00. The number of nitrogens with one attached hydrogen (secondary N) is 1. The summed E-state index contributed by atoms with van der Waals surface area (Å²) in [6, 6.07) is 4.56. The second kappa shape index (κ2) is 4.37. The molecule has 0 radical (unpaired) electrons. The Morgan fingerprint density at radius 3 is 2.88 bits per heavy atom. The summed E-state index contributed by atoms with van der Waals surface area (Å²) >= 11 is 0. The van der Waals surface area contributed by atoms with Crippen molar-refractivity contribution in [2.75, 3.05) is 7.11 Å². The zero-order valence-electron chi connectivity index (χ0n) is 9.45. The van der Waals surface area contributed by atoms with Gasteiger partial charge in [0.1, 0.15) is 5.69 Å². The summed E-state index contributed by atoms with van der Waals surface area (Å²) in [6.45, 7) is 1.71. The minimum Gasteiger partial charge on any atom is -0.464 e. The van der Waals surface area contributed by atoms with E-state index in [1.807, 2.05) is 0 Å². The number of aryl methyl sites for hydroxylation is 1. The van der Waals surface area contributed by atoms with Crippen LogP contribution in [0.2, 0.25) is 0 Å². The Bertz CT molecular complexity index is 563. The number of ether oxygens (including phenoxy) is 1. The van der Waals surface area contributed by atoms with Gasteiger partial charge in [0.25, 0.3) is 0 Å². The number of nitrogens with zero attached hydrogens (tertiary/aromatic N) is 1. The first-order valence-electron chi connectivity index (χ1n) is 5.02. The molecule has 0 unspecified atom stereocenters. The monoisotopic (exact) mass is 234 g/mol. The van der Waals surface area contributed by atoms with Gasteiger partial charge >= 0.3 is 5.97 Å². The molecule has 4 nitrogen and oxygen atoms in total. The average molecular weight is 234 g/mol. The summed E-state index contributed by atoms with van der Waals surface area (Å²) in [4.78, 5) is 17.8. The van der Waals surface area contributed by atoms with Crippen LogP contribution < -0.4 is 0 Å². The van der Waals surface area contributed by atoms with Gasteiger partial charge in [0.05, 0.1) is 7.11 Å². The van der Waals surface area contributed by atoms with E-state index < -0.39 is 11.9 Å². The van der Waals surface area contributed by atoms with Gasteiger partial charge in [-0.15, -0.1) is 0 Å². The van der Waals surface area contributed by atoms with Gasteiger partial charge in [-0.1, -0.05) is 0 Å². The molecule has 0 fully saturated rings. The van der Waals surface area contributed by atoms with Crippen molar-refractivity contribution in [3.8, 4) is 11.1 Å². The number of hydrogen-bond donors (Lipinski definition) is 1. The van der Waals surface area contributed by atoms with Crippen molar-refractivity contribution in [3.63, 3.8) is 0 Å². The Morgan fingerprint density at radius 1 is 1.47 bits per heavy atom. The van der Waals surface area contributed by atoms with Gasteiger partial charge < -0.3 is 9.72 Å². The van der Waals surface area contributed by atoms with Crippen molar-refractivity contribution in [1.29, 1.82) is 0 Å². The number of H-pyrrole nitrogens is 1. The Kier molecular flexibility index (Phi) is 2.91. The van der Waals surface area contributed by atoms with E-state index in [0.29, 0.717) is 11.4 Å². The first kappa shape index (κ1) is 11.3. The lowest BCUT2D eigenvalue weighted by molar-refractivity contribution is 0.0595. The Morgan fingerprint density at radius 2 is 2.24 bits per heavy atom. The van der Waals surface area contributed by atoms with Gasteiger partial charge in [0, 0.05) is 23.0 Å². The average Bonchev–Trinajstić information content (AvgIpc) is 2.77. The molecule has 1 N–H and O–H groups in total. The molecule has 2 aromatic heterocycles. The summed E-state index contributed by atoms with van der Waals surface area (Å²) in [5, 5.41) is 0. The number of pyridine rings is 1. The van der Waals surface area contributed by atoms with Crippen LogP contribution in [0.3, 0.4) is 0 Å². The van der Waals surface area contributed by atoms with E-state index in [9.17, 15) is 9.18 Å². The highest BCUT2D eigenvalue weighted by Crippen LogP contribution is 2.23. The highest BCUT2D eigenvalue weighted by molar-refractivity contribution is 5.89. The number of carbonyl (C=O) groups excluding carboxylic acids is 1. The molecule has 0 atom stereocenters. The summed E-state index contributed by atoms with van der Waals surface area (Å²) < 4.78 is 17.4. The normalized spacial score (nSPS) is 10.3. The smallest absolute Gasteiger partial charge is 0.354 e. The number of methoxy groups -OCH3 is 1. The molecule has 0 amide bonds. The Balaban J connectivity index is 2.40. The standard InChI is InChI=1S/C12H11FN2O2/c1-7-9(3-4-11(13)15-7)8-5-10(14-6-8)12(16)17-2/h3-6,14H,1-2H3. The van der Waals surface area contributed by atoms with E-state index in [4.69, 9.17) is 0 Å². The van der Waals surface area contributed by atoms with Crippen LogP contribution in [0.4, 0.5) is 4.39 Å². The first-order chi connectivity index (χ1) is 8.11. The maximum absolute atomic E-state index is 12.9. The van der Waals surface area contributed by atoms with E-state index in [1.165, 1.54) is 13.2 Å². The highest BCUT2D eigenvalue weighted by atomic mass is 19.1. The van der Waals surface area contributed by atoms with Gasteiger partial charge in [-0.3, -0.25) is 0 Å². The molecule has 0 bridgehead atoms. The van der Waals surface area contributed by atoms with Crippen LogP contribution >= 0.6 is 0 Å². The number of rotatable bonds is 2. The quantitative estimate of drug-likeness (QED) is 0.640. The highest BCUT2D eigenvalue weighted by Gasteiger charge is 2.11. The number of esters is 1. The third-order valence-electron chi connectivity index (χ3n) is 2.45. The number of carbonyl (C=O) groups is 1. The van der Waals surface area contributed by atoms with E-state index in [1.54, 1.807) is 25.3 Å². The van der Waals surface area contributed by atoms with Crippen LogP contribution in [0.15, 0.2) is 24.4 Å². The van der Waals surface area contributed by atoms with Crippen LogP contribution in [-0.4, -0.2) is 23.0 Å². The van der Waals surface area contributed by atoms with Crippen molar-refractivity contribution >= 4 is 5.97 Å². The summed E-state index contributed by atoms with van der Waals surface area (Å²) in [7, 11) is 1.31. The molecule has 2 aromatic rings. The Hall–Kier alpha value is -2.17. The van der Waals surface area contributed by atoms with Crippen molar-refractivity contribution in [2.45, 2.75) is 6.92 Å². The first-order valence-corrected chi connectivity index (χ1v) is 5.02. The van der Waals surface area contributed by atoms with Crippen molar-refractivity contribution in [1.82, 2.24) is 9.97 Å². The maximum atomic E-state index is 12.9. The van der Waals surface area contributed by atoms with Gasteiger partial charge in [-0.2, -0.15) is 4.39 Å². The van der Waals surface area contributed by atoms with Gasteiger partial charge in [0.15, 0.2) is 0 Å². The minimum absolute atomic E-state index is 0.353. The van der Waals surface area contributed by atoms with Gasteiger partial charge in [0.2, 0.25) is 5.95 Å². The topological polar surface area (TPSA) is 55.0 Å². The molecule has 88 valence electrons. The number of hydrogen-bond acceptors (Lipinski definition) is 3. The fourth-order valence-electron chi connectivity index (χ4n) is 1.61. The minimum atomic E-state index is -0.519. The van der Waals surface area contributed by atoms with Crippen LogP contribution in [-0.2, 0) is 4.74 Å². The summed E-state index contributed by atoms with van der Waals surface area (Å²) in [6.07, 6.45) is 1.66. The van der Waals surface area contributed by atoms with E-state index in [0.717, 1.165) is 11.1 Å². The molecule has 0 aromatic carbocycles. The summed E-state index contributed by atoms with van der Waals surface area (Å²) in [5.41, 5.74) is 2.47. The van der Waals surface area contributed by atoms with Crippen molar-refractivity contribution < 1.29 is 13.9 Å². The number of aromatic nitrogens is 2. The summed E-state index contributed by atoms with van der Waals surface area (Å²) in [5.74, 6) is -0.959. The van der Waals surface area contributed by atoms with Gasteiger partial charge in [-0.05, 0) is 25.1 Å². The molecule has 0 aliphatic rings. The van der Waals surface area contributed by atoms with Crippen LogP contribution in [0.1, 0.15) is 16.2 Å².